The average Bonchev–Trinajstić information content (AvgIpc) is 3.70. The maximum Gasteiger partial charge on any atom is 0.211 e. The number of nitriles is 2. The lowest BCUT2D eigenvalue weighted by molar-refractivity contribution is 1.18. The Labute approximate surface area is 288 Å². The summed E-state index contributed by atoms with van der Waals surface area (Å²) in [4.78, 5) is 3.98. The van der Waals surface area contributed by atoms with Gasteiger partial charge in [0.2, 0.25) is 5.69 Å². The third kappa shape index (κ3) is 4.31. The summed E-state index contributed by atoms with van der Waals surface area (Å²) in [5.74, 6) is 0. The van der Waals surface area contributed by atoms with Gasteiger partial charge in [-0.25, -0.2) is 4.85 Å². The zero-order valence-corrected chi connectivity index (χ0v) is 26.7. The van der Waals surface area contributed by atoms with E-state index < -0.39 is 0 Å². The molecular weight excluding hydrogens is 611 g/mol. The Morgan fingerprint density at radius 1 is 0.500 bits per heavy atom. The molecule has 2 heterocycles. The molecule has 230 valence electrons. The molecule has 2 aromatic heterocycles. The molecule has 0 spiro atoms. The fourth-order valence-corrected chi connectivity index (χ4v) is 7.46. The van der Waals surface area contributed by atoms with Gasteiger partial charge >= 0.3 is 0 Å². The molecule has 9 aromatic rings. The molecule has 5 nitrogen and oxygen atoms in total. The molecule has 7 aromatic carbocycles. The number of para-hydroxylation sites is 3. The van der Waals surface area contributed by atoms with Crippen LogP contribution in [0.25, 0.3) is 82.1 Å². The highest BCUT2D eigenvalue weighted by molar-refractivity contribution is 6.13. The number of hydrogen-bond donors (Lipinski definition) is 0. The number of fused-ring (bicyclic) bond motifs is 6. The molecule has 50 heavy (non-hydrogen) atoms. The number of benzene rings is 7. The fraction of sp³-hybridized carbons (Fsp3) is 0. The first-order valence-corrected chi connectivity index (χ1v) is 16.3. The molecule has 0 amide bonds. The van der Waals surface area contributed by atoms with Gasteiger partial charge in [-0.15, -0.1) is 0 Å². The first-order chi connectivity index (χ1) is 24.7. The third-order valence-electron chi connectivity index (χ3n) is 9.59. The first kappa shape index (κ1) is 28.8. The predicted molar refractivity (Wildman–Crippen MR) is 202 cm³/mol. The smallest absolute Gasteiger partial charge is 0.211 e. The summed E-state index contributed by atoms with van der Waals surface area (Å²) in [7, 11) is 0. The highest BCUT2D eigenvalue weighted by Gasteiger charge is 2.21. The summed E-state index contributed by atoms with van der Waals surface area (Å²) < 4.78 is 4.40. The van der Waals surface area contributed by atoms with Gasteiger partial charge in [0.25, 0.3) is 0 Å². The van der Waals surface area contributed by atoms with Crippen molar-refractivity contribution in [2.24, 2.45) is 0 Å². The molecule has 0 fully saturated rings. The monoisotopic (exact) mass is 635 g/mol. The quantitative estimate of drug-likeness (QED) is 0.181. The highest BCUT2D eigenvalue weighted by atomic mass is 15.0. The topological polar surface area (TPSA) is 61.8 Å². The fourth-order valence-electron chi connectivity index (χ4n) is 7.46. The molecule has 0 bridgehead atoms. The number of nitrogens with zero attached hydrogens (tertiary/aromatic N) is 5. The van der Waals surface area contributed by atoms with Crippen molar-refractivity contribution in [3.05, 3.63) is 174 Å². The zero-order valence-electron chi connectivity index (χ0n) is 26.7. The Balaban J connectivity index is 1.25. The molecular formula is C45H25N5. The van der Waals surface area contributed by atoms with Crippen LogP contribution in [0, 0.1) is 29.2 Å². The standard InChI is InChI=1S/C45H25N5/c1-48-39-18-9-17-35(45(39)50-42-23-22-29(27-46)24-38(42)44-33(28-47)13-8-21-43(44)50)32-12-6-10-30(25-32)31-11-7-14-34(26-31)49-40-19-4-2-15-36(40)37-16-3-5-20-41(37)49/h2-26H. The molecule has 0 N–H and O–H groups in total. The van der Waals surface area contributed by atoms with Gasteiger partial charge in [0.15, 0.2) is 0 Å². The minimum Gasteiger partial charge on any atom is -0.318 e. The van der Waals surface area contributed by atoms with Crippen molar-refractivity contribution in [1.82, 2.24) is 9.13 Å². The van der Waals surface area contributed by atoms with Crippen molar-refractivity contribution < 1.29 is 0 Å². The van der Waals surface area contributed by atoms with E-state index in [0.717, 1.165) is 66.5 Å². The van der Waals surface area contributed by atoms with Crippen LogP contribution in [-0.2, 0) is 0 Å². The normalized spacial score (nSPS) is 11.1. The van der Waals surface area contributed by atoms with Gasteiger partial charge in [-0.3, -0.25) is 0 Å². The molecule has 5 heteroatoms. The minimum absolute atomic E-state index is 0.492. The van der Waals surface area contributed by atoms with Crippen molar-refractivity contribution in [3.8, 4) is 45.8 Å². The summed E-state index contributed by atoms with van der Waals surface area (Å²) in [5.41, 5.74) is 11.3. The van der Waals surface area contributed by atoms with Crippen LogP contribution in [0.5, 0.6) is 0 Å². The lowest BCUT2D eigenvalue weighted by Gasteiger charge is -2.17. The van der Waals surface area contributed by atoms with E-state index in [0.29, 0.717) is 16.8 Å². The van der Waals surface area contributed by atoms with Crippen LogP contribution < -0.4 is 0 Å². The van der Waals surface area contributed by atoms with Gasteiger partial charge in [0, 0.05) is 27.2 Å². The van der Waals surface area contributed by atoms with E-state index in [9.17, 15) is 10.5 Å². The van der Waals surface area contributed by atoms with Crippen molar-refractivity contribution in [2.45, 2.75) is 0 Å². The molecule has 0 aliphatic rings. The minimum atomic E-state index is 0.492. The average molecular weight is 636 g/mol. The van der Waals surface area contributed by atoms with E-state index in [1.54, 1.807) is 12.1 Å². The van der Waals surface area contributed by atoms with Gasteiger partial charge in [-0.1, -0.05) is 91.0 Å². The van der Waals surface area contributed by atoms with Crippen LogP contribution in [-0.4, -0.2) is 9.13 Å². The Morgan fingerprint density at radius 3 is 1.88 bits per heavy atom. The molecule has 0 aliphatic heterocycles. The van der Waals surface area contributed by atoms with Crippen LogP contribution >= 0.6 is 0 Å². The molecule has 0 radical (unpaired) electrons. The number of hydrogen-bond acceptors (Lipinski definition) is 2. The van der Waals surface area contributed by atoms with Crippen LogP contribution in [0.15, 0.2) is 152 Å². The first-order valence-electron chi connectivity index (χ1n) is 16.3. The molecule has 9 rings (SSSR count). The van der Waals surface area contributed by atoms with E-state index in [4.69, 9.17) is 6.57 Å². The molecule has 0 unspecified atom stereocenters. The summed E-state index contributed by atoms with van der Waals surface area (Å²) in [5, 5.41) is 23.8. The highest BCUT2D eigenvalue weighted by Crippen LogP contribution is 2.42. The Bertz CT molecular complexity index is 2920. The second kappa shape index (κ2) is 11.4. The molecule has 0 saturated carbocycles. The second-order valence-corrected chi connectivity index (χ2v) is 12.3. The number of rotatable bonds is 4. The predicted octanol–water partition coefficient (Wildman–Crippen LogP) is 11.5. The molecule has 0 atom stereocenters. The van der Waals surface area contributed by atoms with E-state index in [1.165, 1.54) is 10.8 Å². The van der Waals surface area contributed by atoms with Gasteiger partial charge in [0.05, 0.1) is 57.6 Å². The van der Waals surface area contributed by atoms with Crippen LogP contribution in [0.2, 0.25) is 0 Å². The number of aromatic nitrogens is 2. The lowest BCUT2D eigenvalue weighted by atomic mass is 9.97. The van der Waals surface area contributed by atoms with Gasteiger partial charge in [0.1, 0.15) is 0 Å². The maximum atomic E-state index is 10.1. The maximum absolute atomic E-state index is 10.1. The van der Waals surface area contributed by atoms with Gasteiger partial charge in [-0.2, -0.15) is 10.5 Å². The van der Waals surface area contributed by atoms with Gasteiger partial charge in [-0.05, 0) is 82.9 Å². The third-order valence-corrected chi connectivity index (χ3v) is 9.59. The second-order valence-electron chi connectivity index (χ2n) is 12.3. The Kier molecular flexibility index (Phi) is 6.56. The van der Waals surface area contributed by atoms with Crippen molar-refractivity contribution in [1.29, 1.82) is 10.5 Å². The van der Waals surface area contributed by atoms with E-state index >= 15 is 0 Å². The van der Waals surface area contributed by atoms with Crippen LogP contribution in [0.1, 0.15) is 11.1 Å². The van der Waals surface area contributed by atoms with E-state index in [-0.39, 0.29) is 0 Å². The van der Waals surface area contributed by atoms with Crippen LogP contribution in [0.4, 0.5) is 5.69 Å². The zero-order chi connectivity index (χ0) is 33.8. The SMILES string of the molecule is [C-]#[N+]c1cccc(-c2cccc(-c3cccc(-n4c5ccccc5c5ccccc54)c3)c2)c1-n1c2ccc(C#N)cc2c2c(C#N)cccc21. The van der Waals surface area contributed by atoms with Crippen LogP contribution in [0.3, 0.4) is 0 Å². The Hall–Kier alpha value is -7.39. The van der Waals surface area contributed by atoms with Crippen molar-refractivity contribution in [3.63, 3.8) is 0 Å². The van der Waals surface area contributed by atoms with E-state index in [2.05, 4.69) is 123 Å². The van der Waals surface area contributed by atoms with Gasteiger partial charge < -0.3 is 9.13 Å². The van der Waals surface area contributed by atoms with Crippen molar-refractivity contribution >= 4 is 49.3 Å². The molecule has 0 aliphatic carbocycles. The summed E-state index contributed by atoms with van der Waals surface area (Å²) >= 11 is 0. The summed E-state index contributed by atoms with van der Waals surface area (Å²) in [6, 6.07) is 55.7. The lowest BCUT2D eigenvalue weighted by Crippen LogP contribution is -1.98. The summed E-state index contributed by atoms with van der Waals surface area (Å²) in [6.45, 7) is 8.20. The van der Waals surface area contributed by atoms with Crippen molar-refractivity contribution in [2.75, 3.05) is 0 Å². The summed E-state index contributed by atoms with van der Waals surface area (Å²) in [6.07, 6.45) is 0. The molecule has 0 saturated heterocycles. The largest absolute Gasteiger partial charge is 0.318 e. The Morgan fingerprint density at radius 2 is 1.14 bits per heavy atom. The van der Waals surface area contributed by atoms with E-state index in [1.807, 2.05) is 42.5 Å².